The van der Waals surface area contributed by atoms with Gasteiger partial charge >= 0.3 is 0 Å². The highest BCUT2D eigenvalue weighted by Gasteiger charge is 2.24. The first-order valence-electron chi connectivity index (χ1n) is 7.44. The second kappa shape index (κ2) is 8.48. The van der Waals surface area contributed by atoms with E-state index in [1.807, 2.05) is 6.92 Å². The van der Waals surface area contributed by atoms with Gasteiger partial charge in [-0.25, -0.2) is 0 Å². The molecule has 1 aliphatic rings. The monoisotopic (exact) mass is 255 g/mol. The lowest BCUT2D eigenvalue weighted by atomic mass is 10.1. The van der Waals surface area contributed by atoms with Gasteiger partial charge in [0.05, 0.1) is 6.04 Å². The van der Waals surface area contributed by atoms with Gasteiger partial charge in [0, 0.05) is 19.1 Å². The molecule has 0 aromatic rings. The maximum Gasteiger partial charge on any atom is 0.237 e. The maximum atomic E-state index is 12.0. The number of nitrogens with one attached hydrogen (secondary N) is 2. The predicted octanol–water partition coefficient (Wildman–Crippen LogP) is 1.37. The van der Waals surface area contributed by atoms with Crippen molar-refractivity contribution in [2.75, 3.05) is 26.2 Å². The molecule has 2 unspecified atom stereocenters. The van der Waals surface area contributed by atoms with Crippen molar-refractivity contribution in [1.29, 1.82) is 0 Å². The van der Waals surface area contributed by atoms with Gasteiger partial charge in [0.2, 0.25) is 5.91 Å². The average molecular weight is 255 g/mol. The van der Waals surface area contributed by atoms with Crippen molar-refractivity contribution in [1.82, 2.24) is 15.5 Å². The topological polar surface area (TPSA) is 44.4 Å². The van der Waals surface area contributed by atoms with E-state index in [1.54, 1.807) is 0 Å². The normalized spacial score (nSPS) is 21.2. The minimum Gasteiger partial charge on any atom is -0.355 e. The molecule has 1 heterocycles. The van der Waals surface area contributed by atoms with Gasteiger partial charge in [-0.2, -0.15) is 0 Å². The molecule has 1 fully saturated rings. The molecule has 1 saturated heterocycles. The molecule has 0 spiro atoms. The fourth-order valence-electron chi connectivity index (χ4n) is 2.46. The molecule has 1 rings (SSSR count). The van der Waals surface area contributed by atoms with Gasteiger partial charge in [-0.15, -0.1) is 0 Å². The lowest BCUT2D eigenvalue weighted by Gasteiger charge is -2.29. The molecule has 0 bridgehead atoms. The first-order valence-corrected chi connectivity index (χ1v) is 7.44. The van der Waals surface area contributed by atoms with Crippen LogP contribution >= 0.6 is 0 Å². The molecule has 0 aromatic carbocycles. The van der Waals surface area contributed by atoms with Crippen LogP contribution in [0.25, 0.3) is 0 Å². The van der Waals surface area contributed by atoms with Crippen molar-refractivity contribution in [3.05, 3.63) is 0 Å². The van der Waals surface area contributed by atoms with E-state index in [1.165, 1.54) is 12.8 Å². The largest absolute Gasteiger partial charge is 0.355 e. The summed E-state index contributed by atoms with van der Waals surface area (Å²) < 4.78 is 0. The second-order valence-electron chi connectivity index (χ2n) is 5.20. The summed E-state index contributed by atoms with van der Waals surface area (Å²) in [5, 5.41) is 6.52. The quantitative estimate of drug-likeness (QED) is 0.644. The van der Waals surface area contributed by atoms with E-state index in [-0.39, 0.29) is 11.9 Å². The fourth-order valence-corrected chi connectivity index (χ4v) is 2.46. The van der Waals surface area contributed by atoms with Crippen molar-refractivity contribution < 1.29 is 4.79 Å². The Balaban J connectivity index is 2.34. The van der Waals surface area contributed by atoms with E-state index >= 15 is 0 Å². The Morgan fingerprint density at radius 3 is 2.83 bits per heavy atom. The molecule has 0 aromatic heterocycles. The first-order chi connectivity index (χ1) is 8.69. The van der Waals surface area contributed by atoms with Crippen LogP contribution in [0.2, 0.25) is 0 Å². The standard InChI is InChI=1S/C14H29N3O/c1-4-6-9-16-14(18)12(3)17(5-2)11-13-8-7-10-15-13/h12-13,15H,4-11H2,1-3H3,(H,16,18). The summed E-state index contributed by atoms with van der Waals surface area (Å²) in [6.45, 7) is 10.1. The van der Waals surface area contributed by atoms with E-state index in [9.17, 15) is 4.79 Å². The highest BCUT2D eigenvalue weighted by atomic mass is 16.2. The van der Waals surface area contributed by atoms with E-state index in [2.05, 4.69) is 29.4 Å². The first kappa shape index (κ1) is 15.4. The molecule has 18 heavy (non-hydrogen) atoms. The molecular formula is C14H29N3O. The zero-order valence-corrected chi connectivity index (χ0v) is 12.2. The van der Waals surface area contributed by atoms with Crippen molar-refractivity contribution in [3.8, 4) is 0 Å². The van der Waals surface area contributed by atoms with Crippen LogP contribution in [0.4, 0.5) is 0 Å². The summed E-state index contributed by atoms with van der Waals surface area (Å²) >= 11 is 0. The molecule has 0 radical (unpaired) electrons. The molecule has 2 atom stereocenters. The molecule has 106 valence electrons. The lowest BCUT2D eigenvalue weighted by molar-refractivity contribution is -0.125. The van der Waals surface area contributed by atoms with Crippen LogP contribution in [0.3, 0.4) is 0 Å². The highest BCUT2D eigenvalue weighted by molar-refractivity contribution is 5.81. The Morgan fingerprint density at radius 1 is 1.50 bits per heavy atom. The Morgan fingerprint density at radius 2 is 2.28 bits per heavy atom. The number of rotatable bonds is 8. The van der Waals surface area contributed by atoms with Crippen molar-refractivity contribution >= 4 is 5.91 Å². The third-order valence-electron chi connectivity index (χ3n) is 3.78. The molecule has 4 nitrogen and oxygen atoms in total. The number of hydrogen-bond acceptors (Lipinski definition) is 3. The molecule has 1 amide bonds. The molecular weight excluding hydrogens is 226 g/mol. The average Bonchev–Trinajstić information content (AvgIpc) is 2.88. The summed E-state index contributed by atoms with van der Waals surface area (Å²) in [6.07, 6.45) is 4.69. The summed E-state index contributed by atoms with van der Waals surface area (Å²) in [4.78, 5) is 14.3. The van der Waals surface area contributed by atoms with Crippen molar-refractivity contribution in [2.24, 2.45) is 0 Å². The van der Waals surface area contributed by atoms with Gasteiger partial charge in [0.1, 0.15) is 0 Å². The predicted molar refractivity (Wildman–Crippen MR) is 75.7 cm³/mol. The van der Waals surface area contributed by atoms with Crippen LogP contribution < -0.4 is 10.6 Å². The molecule has 0 aliphatic carbocycles. The van der Waals surface area contributed by atoms with Crippen LogP contribution in [-0.4, -0.2) is 49.1 Å². The Hall–Kier alpha value is -0.610. The smallest absolute Gasteiger partial charge is 0.237 e. The third-order valence-corrected chi connectivity index (χ3v) is 3.78. The number of hydrogen-bond donors (Lipinski definition) is 2. The van der Waals surface area contributed by atoms with E-state index < -0.39 is 0 Å². The molecule has 4 heteroatoms. The number of unbranched alkanes of at least 4 members (excludes halogenated alkanes) is 1. The highest BCUT2D eigenvalue weighted by Crippen LogP contribution is 2.09. The van der Waals surface area contributed by atoms with Gasteiger partial charge in [-0.05, 0) is 39.3 Å². The summed E-state index contributed by atoms with van der Waals surface area (Å²) in [7, 11) is 0. The zero-order chi connectivity index (χ0) is 13.4. The van der Waals surface area contributed by atoms with Crippen LogP contribution in [0, 0.1) is 0 Å². The lowest BCUT2D eigenvalue weighted by Crippen LogP contribution is -2.49. The molecule has 0 saturated carbocycles. The SMILES string of the molecule is CCCCNC(=O)C(C)N(CC)CC1CCCN1. The second-order valence-corrected chi connectivity index (χ2v) is 5.20. The number of nitrogens with zero attached hydrogens (tertiary/aromatic N) is 1. The van der Waals surface area contributed by atoms with Crippen molar-refractivity contribution in [2.45, 2.75) is 58.5 Å². The molecule has 1 aliphatic heterocycles. The Bertz CT molecular complexity index is 239. The number of amides is 1. The van der Waals surface area contributed by atoms with Gasteiger partial charge in [-0.1, -0.05) is 20.3 Å². The summed E-state index contributed by atoms with van der Waals surface area (Å²) in [5.74, 6) is 0.170. The minimum absolute atomic E-state index is 0.0192. The summed E-state index contributed by atoms with van der Waals surface area (Å²) in [5.41, 5.74) is 0. The molecule has 2 N–H and O–H groups in total. The van der Waals surface area contributed by atoms with Crippen LogP contribution in [-0.2, 0) is 4.79 Å². The van der Waals surface area contributed by atoms with Gasteiger partial charge < -0.3 is 10.6 Å². The number of carbonyl (C=O) groups excluding carboxylic acids is 1. The Kier molecular flexibility index (Phi) is 7.28. The van der Waals surface area contributed by atoms with E-state index in [0.29, 0.717) is 6.04 Å². The third kappa shape index (κ3) is 4.94. The van der Waals surface area contributed by atoms with Crippen molar-refractivity contribution in [3.63, 3.8) is 0 Å². The zero-order valence-electron chi connectivity index (χ0n) is 12.2. The van der Waals surface area contributed by atoms with Crippen LogP contribution in [0.5, 0.6) is 0 Å². The number of carbonyl (C=O) groups is 1. The fraction of sp³-hybridized carbons (Fsp3) is 0.929. The summed E-state index contributed by atoms with van der Waals surface area (Å²) in [6, 6.07) is 0.546. The van der Waals surface area contributed by atoms with Gasteiger partial charge in [0.15, 0.2) is 0 Å². The number of likely N-dealkylation sites (N-methyl/N-ethyl adjacent to an activating group) is 1. The minimum atomic E-state index is -0.0192. The van der Waals surface area contributed by atoms with Crippen LogP contribution in [0.1, 0.15) is 46.5 Å². The maximum absolute atomic E-state index is 12.0. The van der Waals surface area contributed by atoms with E-state index in [4.69, 9.17) is 0 Å². The van der Waals surface area contributed by atoms with Crippen LogP contribution in [0.15, 0.2) is 0 Å². The Labute approximate surface area is 111 Å². The van der Waals surface area contributed by atoms with E-state index in [0.717, 1.165) is 39.0 Å². The van der Waals surface area contributed by atoms with Gasteiger partial charge in [-0.3, -0.25) is 9.69 Å². The van der Waals surface area contributed by atoms with Gasteiger partial charge in [0.25, 0.3) is 0 Å².